The molecule has 72 heavy (non-hydrogen) atoms. The third-order valence-corrected chi connectivity index (χ3v) is 14.3. The molecule has 2 saturated heterocycles. The minimum absolute atomic E-state index is 0.265. The number of aliphatic hydroxyl groups is 8. The fourth-order valence-electron chi connectivity index (χ4n) is 9.56. The number of carbonyl (C=O) groups excluding carboxylic acids is 1. The van der Waals surface area contributed by atoms with Gasteiger partial charge in [-0.3, -0.25) is 4.79 Å². The van der Waals surface area contributed by atoms with Gasteiger partial charge in [0.1, 0.15) is 48.8 Å². The van der Waals surface area contributed by atoms with Crippen LogP contribution < -0.4 is 5.32 Å². The zero-order valence-corrected chi connectivity index (χ0v) is 45.2. The van der Waals surface area contributed by atoms with Crippen molar-refractivity contribution in [1.29, 1.82) is 0 Å². The summed E-state index contributed by atoms with van der Waals surface area (Å²) in [4.78, 5) is 13.0. The molecule has 0 bridgehead atoms. The fraction of sp³-hybridized carbons (Fsp3) is 0.879. The first kappa shape index (κ1) is 66.3. The van der Waals surface area contributed by atoms with Gasteiger partial charge in [-0.05, 0) is 44.9 Å². The Morgan fingerprint density at radius 3 is 1.36 bits per heavy atom. The third-order valence-electron chi connectivity index (χ3n) is 14.3. The molecule has 2 fully saturated rings. The molecule has 2 rings (SSSR count). The zero-order valence-electron chi connectivity index (χ0n) is 45.2. The molecule has 0 aromatic carbocycles. The molecular formula is C58H107NO13. The highest BCUT2D eigenvalue weighted by Gasteiger charge is 2.51. The minimum atomic E-state index is -1.79. The number of hydrogen-bond donors (Lipinski definition) is 9. The second-order valence-corrected chi connectivity index (χ2v) is 20.8. The van der Waals surface area contributed by atoms with Gasteiger partial charge in [0.25, 0.3) is 0 Å². The van der Waals surface area contributed by atoms with Crippen LogP contribution in [0, 0.1) is 0 Å². The normalized spacial score (nSPS) is 25.8. The lowest BCUT2D eigenvalue weighted by Crippen LogP contribution is -2.65. The van der Waals surface area contributed by atoms with Crippen LogP contribution in [0.2, 0.25) is 0 Å². The van der Waals surface area contributed by atoms with Gasteiger partial charge in [0.15, 0.2) is 12.6 Å². The first-order chi connectivity index (χ1) is 35.1. The van der Waals surface area contributed by atoms with Crippen LogP contribution in [-0.4, -0.2) is 140 Å². The molecule has 2 heterocycles. The minimum Gasteiger partial charge on any atom is -0.394 e. The molecule has 9 N–H and O–H groups in total. The van der Waals surface area contributed by atoms with Crippen LogP contribution in [0.25, 0.3) is 0 Å². The predicted octanol–water partition coefficient (Wildman–Crippen LogP) is 9.44. The molecule has 0 saturated carbocycles. The Morgan fingerprint density at radius 1 is 0.486 bits per heavy atom. The Kier molecular flexibility index (Phi) is 40.9. The standard InChI is InChI=1S/C58H107NO13/c1-3-5-7-9-10-11-12-13-14-15-16-17-18-19-20-21-22-23-24-25-26-27-28-29-30-31-32-33-34-35-36-38-39-41-47(62)46(59-50(63)42-40-37-8-6-4-2)45-69-57-55(68)53(66)56(49(44-61)71-57)72-58-54(67)52(65)51(64)48(43-60)70-58/h30-31,34-35,39,41,46-49,51-58,60-62,64-68H,3-29,32-33,36-38,40,42-45H2,1-2H3,(H,59,63)/b31-30+,35-34+,41-39+. The lowest BCUT2D eigenvalue weighted by molar-refractivity contribution is -0.359. The third kappa shape index (κ3) is 30.1. The van der Waals surface area contributed by atoms with Crippen molar-refractivity contribution in [2.24, 2.45) is 0 Å². The average molecular weight is 1030 g/mol. The number of ether oxygens (including phenoxy) is 4. The molecule has 0 aromatic rings. The van der Waals surface area contributed by atoms with Gasteiger partial charge in [0, 0.05) is 6.42 Å². The van der Waals surface area contributed by atoms with Crippen molar-refractivity contribution in [1.82, 2.24) is 5.32 Å². The van der Waals surface area contributed by atoms with E-state index in [1.807, 2.05) is 6.08 Å². The highest BCUT2D eigenvalue weighted by atomic mass is 16.7. The molecule has 2 aliphatic rings. The molecule has 2 aliphatic heterocycles. The van der Waals surface area contributed by atoms with E-state index in [2.05, 4.69) is 43.5 Å². The SMILES string of the molecule is CCCCCCCCCCCCCCCCCCCCCCCCC/C=C/CC/C=C/CC/C=C/C(O)C(COC1OC(CO)C(OC2OC(CO)C(O)C(O)C2O)C(O)C1O)NC(=O)CCCCCCC. The summed E-state index contributed by atoms with van der Waals surface area (Å²) in [6.07, 6.45) is 37.2. The van der Waals surface area contributed by atoms with Crippen molar-refractivity contribution in [3.63, 3.8) is 0 Å². The van der Waals surface area contributed by atoms with Crippen LogP contribution in [0.4, 0.5) is 0 Å². The van der Waals surface area contributed by atoms with E-state index in [0.717, 1.165) is 51.4 Å². The Labute approximate surface area is 436 Å². The lowest BCUT2D eigenvalue weighted by Gasteiger charge is -2.46. The van der Waals surface area contributed by atoms with Crippen LogP contribution >= 0.6 is 0 Å². The fourth-order valence-corrected chi connectivity index (χ4v) is 9.56. The maximum absolute atomic E-state index is 13.0. The van der Waals surface area contributed by atoms with Gasteiger partial charge in [-0.1, -0.05) is 217 Å². The van der Waals surface area contributed by atoms with Gasteiger partial charge in [-0.2, -0.15) is 0 Å². The molecule has 14 nitrogen and oxygen atoms in total. The number of rotatable bonds is 46. The molecule has 0 spiro atoms. The maximum atomic E-state index is 13.0. The van der Waals surface area contributed by atoms with E-state index in [-0.39, 0.29) is 18.9 Å². The Balaban J connectivity index is 1.60. The van der Waals surface area contributed by atoms with Crippen LogP contribution in [0.3, 0.4) is 0 Å². The van der Waals surface area contributed by atoms with Gasteiger partial charge >= 0.3 is 0 Å². The van der Waals surface area contributed by atoms with E-state index in [1.165, 1.54) is 148 Å². The second-order valence-electron chi connectivity index (χ2n) is 20.8. The van der Waals surface area contributed by atoms with Crippen molar-refractivity contribution in [2.45, 2.75) is 306 Å². The van der Waals surface area contributed by atoms with Gasteiger partial charge in [-0.15, -0.1) is 0 Å². The molecule has 422 valence electrons. The highest BCUT2D eigenvalue weighted by molar-refractivity contribution is 5.76. The Morgan fingerprint density at radius 2 is 0.889 bits per heavy atom. The van der Waals surface area contributed by atoms with Gasteiger partial charge < -0.3 is 65.1 Å². The summed E-state index contributed by atoms with van der Waals surface area (Å²) in [6, 6.07) is -0.932. The summed E-state index contributed by atoms with van der Waals surface area (Å²) in [5.74, 6) is -0.267. The number of carbonyl (C=O) groups is 1. The number of nitrogens with one attached hydrogen (secondary N) is 1. The molecule has 12 atom stereocenters. The van der Waals surface area contributed by atoms with E-state index in [0.29, 0.717) is 12.8 Å². The van der Waals surface area contributed by atoms with Gasteiger partial charge in [-0.25, -0.2) is 0 Å². The monoisotopic (exact) mass is 1030 g/mol. The first-order valence-corrected chi connectivity index (χ1v) is 29.2. The van der Waals surface area contributed by atoms with E-state index < -0.39 is 86.8 Å². The van der Waals surface area contributed by atoms with Crippen LogP contribution in [0.5, 0.6) is 0 Å². The summed E-state index contributed by atoms with van der Waals surface area (Å²) < 4.78 is 22.6. The van der Waals surface area contributed by atoms with Crippen molar-refractivity contribution in [2.75, 3.05) is 19.8 Å². The van der Waals surface area contributed by atoms with Gasteiger partial charge in [0.2, 0.25) is 5.91 Å². The molecule has 12 unspecified atom stereocenters. The number of hydrogen-bond acceptors (Lipinski definition) is 13. The van der Waals surface area contributed by atoms with Crippen LogP contribution in [-0.2, 0) is 23.7 Å². The summed E-state index contributed by atoms with van der Waals surface area (Å²) in [6.45, 7) is 2.67. The molecule has 14 heteroatoms. The topological polar surface area (TPSA) is 228 Å². The summed E-state index contributed by atoms with van der Waals surface area (Å²) in [7, 11) is 0. The predicted molar refractivity (Wildman–Crippen MR) is 286 cm³/mol. The van der Waals surface area contributed by atoms with E-state index in [9.17, 15) is 45.6 Å². The van der Waals surface area contributed by atoms with Crippen LogP contribution in [0.1, 0.15) is 232 Å². The average Bonchev–Trinajstić information content (AvgIpc) is 3.38. The molecule has 0 aromatic heterocycles. The summed E-state index contributed by atoms with van der Waals surface area (Å²) in [5, 5.41) is 86.4. The molecule has 1 amide bonds. The smallest absolute Gasteiger partial charge is 0.220 e. The number of allylic oxidation sites excluding steroid dienone is 5. The molecule has 0 radical (unpaired) electrons. The van der Waals surface area contributed by atoms with E-state index in [4.69, 9.17) is 18.9 Å². The van der Waals surface area contributed by atoms with Gasteiger partial charge in [0.05, 0.1) is 32.0 Å². The van der Waals surface area contributed by atoms with Crippen molar-refractivity contribution >= 4 is 5.91 Å². The zero-order chi connectivity index (χ0) is 52.4. The van der Waals surface area contributed by atoms with Crippen LogP contribution in [0.15, 0.2) is 36.5 Å². The van der Waals surface area contributed by atoms with E-state index in [1.54, 1.807) is 6.08 Å². The summed E-state index contributed by atoms with van der Waals surface area (Å²) in [5.41, 5.74) is 0. The van der Waals surface area contributed by atoms with Crippen molar-refractivity contribution in [3.8, 4) is 0 Å². The number of amides is 1. The first-order valence-electron chi connectivity index (χ1n) is 29.2. The Bertz CT molecular complexity index is 1350. The molecular weight excluding hydrogens is 919 g/mol. The van der Waals surface area contributed by atoms with E-state index >= 15 is 0 Å². The van der Waals surface area contributed by atoms with Crippen molar-refractivity contribution in [3.05, 3.63) is 36.5 Å². The number of unbranched alkanes of at least 4 members (excludes halogenated alkanes) is 29. The van der Waals surface area contributed by atoms with Crippen molar-refractivity contribution < 1.29 is 64.6 Å². The molecule has 0 aliphatic carbocycles. The highest BCUT2D eigenvalue weighted by Crippen LogP contribution is 2.30. The quantitative estimate of drug-likeness (QED) is 0.0205. The largest absolute Gasteiger partial charge is 0.394 e. The maximum Gasteiger partial charge on any atom is 0.220 e. The Hall–Kier alpha value is -1.79. The summed E-state index contributed by atoms with van der Waals surface area (Å²) >= 11 is 0. The second kappa shape index (κ2) is 44.3. The number of aliphatic hydroxyl groups excluding tert-OH is 8. The lowest BCUT2D eigenvalue weighted by atomic mass is 9.97.